The van der Waals surface area contributed by atoms with Gasteiger partial charge in [-0.25, -0.2) is 23.9 Å². The number of halogens is 1. The van der Waals surface area contributed by atoms with E-state index in [9.17, 15) is 14.8 Å². The summed E-state index contributed by atoms with van der Waals surface area (Å²) in [5.41, 5.74) is 8.09. The topological polar surface area (TPSA) is 145 Å². The number of rotatable bonds is 8. The van der Waals surface area contributed by atoms with Crippen LogP contribution in [0.3, 0.4) is 0 Å². The average Bonchev–Trinajstić information content (AvgIpc) is 3.19. The first-order valence-corrected chi connectivity index (χ1v) is 11.2. The van der Waals surface area contributed by atoms with Crippen molar-refractivity contribution in [2.45, 2.75) is 19.9 Å². The van der Waals surface area contributed by atoms with Crippen molar-refractivity contribution in [3.05, 3.63) is 59.6 Å². The highest BCUT2D eigenvalue weighted by Crippen LogP contribution is 2.33. The monoisotopic (exact) mass is 490 g/mol. The lowest BCUT2D eigenvalue weighted by atomic mass is 10.2. The first-order chi connectivity index (χ1) is 17.2. The van der Waals surface area contributed by atoms with E-state index in [0.717, 1.165) is 17.1 Å². The molecule has 0 bridgehead atoms. The Morgan fingerprint density at radius 3 is 2.72 bits per heavy atom. The fourth-order valence-corrected chi connectivity index (χ4v) is 3.81. The summed E-state index contributed by atoms with van der Waals surface area (Å²) in [5.74, 6) is 0.553. The first kappa shape index (κ1) is 24.6. The second kappa shape index (κ2) is 10.0. The Labute approximate surface area is 207 Å². The molecule has 0 unspecified atom stereocenters. The zero-order valence-electron chi connectivity index (χ0n) is 20.4. The maximum atomic E-state index is 14.3. The molecule has 12 heteroatoms. The number of nitriles is 1. The molecule has 0 aliphatic heterocycles. The number of nitrogens with zero attached hydrogens (tertiary/aromatic N) is 8. The minimum Gasteiger partial charge on any atom is -0.508 e. The number of hydrogen-bond acceptors (Lipinski definition) is 10. The van der Waals surface area contributed by atoms with E-state index in [1.54, 1.807) is 4.52 Å². The second-order valence-corrected chi connectivity index (χ2v) is 8.67. The third-order valence-corrected chi connectivity index (χ3v) is 5.65. The maximum absolute atomic E-state index is 14.3. The lowest BCUT2D eigenvalue weighted by Gasteiger charge is -2.27. The van der Waals surface area contributed by atoms with Gasteiger partial charge in [0.1, 0.15) is 46.7 Å². The van der Waals surface area contributed by atoms with Crippen molar-refractivity contribution in [2.24, 2.45) is 0 Å². The Kier molecular flexibility index (Phi) is 6.84. The summed E-state index contributed by atoms with van der Waals surface area (Å²) >= 11 is 0. The third-order valence-electron chi connectivity index (χ3n) is 5.65. The molecule has 0 spiro atoms. The molecular formula is C24H27FN10O. The molecular weight excluding hydrogens is 463 g/mol. The number of nitrogen functional groups attached to an aromatic ring is 1. The molecule has 1 aromatic carbocycles. The van der Waals surface area contributed by atoms with Gasteiger partial charge in [0, 0.05) is 37.1 Å². The molecule has 0 saturated carbocycles. The number of aromatic nitrogens is 5. The predicted octanol–water partition coefficient (Wildman–Crippen LogP) is 3.00. The summed E-state index contributed by atoms with van der Waals surface area (Å²) in [6.45, 7) is 4.88. The van der Waals surface area contributed by atoms with Crippen LogP contribution in [-0.2, 0) is 0 Å². The molecule has 11 nitrogen and oxygen atoms in total. The fraction of sp³-hybridized carbons (Fsp3) is 0.292. The molecule has 3 aromatic heterocycles. The zero-order valence-corrected chi connectivity index (χ0v) is 20.4. The molecule has 0 saturated heterocycles. The number of fused-ring (bicyclic) bond motifs is 1. The van der Waals surface area contributed by atoms with Crippen molar-refractivity contribution >= 4 is 28.7 Å². The van der Waals surface area contributed by atoms with Gasteiger partial charge in [-0.3, -0.25) is 0 Å². The Morgan fingerprint density at radius 1 is 1.25 bits per heavy atom. The van der Waals surface area contributed by atoms with E-state index < -0.39 is 11.9 Å². The largest absolute Gasteiger partial charge is 0.508 e. The van der Waals surface area contributed by atoms with Gasteiger partial charge < -0.3 is 26.0 Å². The number of aromatic hydroxyl groups is 1. The number of benzene rings is 1. The van der Waals surface area contributed by atoms with E-state index in [2.05, 4.69) is 20.4 Å². The molecule has 186 valence electrons. The summed E-state index contributed by atoms with van der Waals surface area (Å²) in [4.78, 5) is 16.7. The Bertz CT molecular complexity index is 1420. The summed E-state index contributed by atoms with van der Waals surface area (Å²) in [6, 6.07) is 7.37. The number of aryl methyl sites for hydroxylation is 1. The zero-order chi connectivity index (χ0) is 26.0. The minimum absolute atomic E-state index is 0.0704. The van der Waals surface area contributed by atoms with Gasteiger partial charge in [-0.15, -0.1) is 0 Å². The van der Waals surface area contributed by atoms with E-state index in [1.165, 1.54) is 18.5 Å². The van der Waals surface area contributed by atoms with E-state index >= 15 is 0 Å². The SMILES string of the molecule is Cc1ccn2nc([C@H](C)Nc3ncnc(N)c3C#N)nc(N(CCN(C)C)c3cc(O)cc(F)c3)c12. The molecule has 4 rings (SSSR count). The van der Waals surface area contributed by atoms with Crippen LogP contribution in [0.4, 0.5) is 27.5 Å². The third kappa shape index (κ3) is 4.96. The Balaban J connectivity index is 1.84. The molecule has 0 radical (unpaired) electrons. The van der Waals surface area contributed by atoms with Gasteiger partial charge in [0.25, 0.3) is 0 Å². The number of likely N-dealkylation sites (N-methyl/N-ethyl adjacent to an activating group) is 1. The number of phenolic OH excluding ortho intramolecular Hbond substituents is 1. The van der Waals surface area contributed by atoms with Crippen molar-refractivity contribution in [3.8, 4) is 11.8 Å². The Hall–Kier alpha value is -4.50. The molecule has 36 heavy (non-hydrogen) atoms. The molecule has 0 aliphatic carbocycles. The van der Waals surface area contributed by atoms with E-state index in [-0.39, 0.29) is 22.9 Å². The number of anilines is 4. The van der Waals surface area contributed by atoms with E-state index in [4.69, 9.17) is 10.7 Å². The number of nitrogens with two attached hydrogens (primary N) is 1. The quantitative estimate of drug-likeness (QED) is 0.337. The van der Waals surface area contributed by atoms with Crippen LogP contribution in [0, 0.1) is 24.1 Å². The normalized spacial score (nSPS) is 12.0. The van der Waals surface area contributed by atoms with Crippen LogP contribution in [0.25, 0.3) is 5.52 Å². The van der Waals surface area contributed by atoms with Crippen molar-refractivity contribution in [1.29, 1.82) is 5.26 Å². The van der Waals surface area contributed by atoms with Gasteiger partial charge >= 0.3 is 0 Å². The van der Waals surface area contributed by atoms with Gasteiger partial charge in [0.2, 0.25) is 0 Å². The van der Waals surface area contributed by atoms with Crippen LogP contribution in [0.5, 0.6) is 5.75 Å². The lowest BCUT2D eigenvalue weighted by molar-refractivity contribution is 0.418. The van der Waals surface area contributed by atoms with Crippen molar-refractivity contribution < 1.29 is 9.50 Å². The second-order valence-electron chi connectivity index (χ2n) is 8.67. The van der Waals surface area contributed by atoms with Gasteiger partial charge in [-0.05, 0) is 45.6 Å². The lowest BCUT2D eigenvalue weighted by Crippen LogP contribution is -2.30. The Morgan fingerprint density at radius 2 is 2.03 bits per heavy atom. The van der Waals surface area contributed by atoms with Crippen molar-refractivity contribution in [1.82, 2.24) is 29.5 Å². The molecule has 0 fully saturated rings. The predicted molar refractivity (Wildman–Crippen MR) is 135 cm³/mol. The standard InChI is InChI=1S/C24H27FN10O/c1-14-5-6-35-20(14)24(34(8-7-33(3)4)17-9-16(25)10-18(36)11-17)31-22(32-35)15(2)30-23-19(12-26)21(27)28-13-29-23/h5-6,9-11,13,15,36H,7-8H2,1-4H3,(H3,27,28,29,30)/t15-/m0/s1. The van der Waals surface area contributed by atoms with Crippen LogP contribution in [0.2, 0.25) is 0 Å². The summed E-state index contributed by atoms with van der Waals surface area (Å²) in [7, 11) is 3.88. The molecule has 3 heterocycles. The highest BCUT2D eigenvalue weighted by molar-refractivity contribution is 5.78. The fourth-order valence-electron chi connectivity index (χ4n) is 3.81. The van der Waals surface area contributed by atoms with Crippen LogP contribution >= 0.6 is 0 Å². The molecule has 4 N–H and O–H groups in total. The van der Waals surface area contributed by atoms with Crippen LogP contribution in [0.1, 0.15) is 29.9 Å². The van der Waals surface area contributed by atoms with Gasteiger partial charge in [-0.2, -0.15) is 10.4 Å². The molecule has 1 atom stereocenters. The van der Waals surface area contributed by atoms with Crippen LogP contribution in [-0.4, -0.2) is 61.8 Å². The maximum Gasteiger partial charge on any atom is 0.173 e. The smallest absolute Gasteiger partial charge is 0.173 e. The molecule has 0 aliphatic rings. The van der Waals surface area contributed by atoms with Crippen molar-refractivity contribution in [3.63, 3.8) is 0 Å². The number of phenols is 1. The highest BCUT2D eigenvalue weighted by atomic mass is 19.1. The summed E-state index contributed by atoms with van der Waals surface area (Å²) in [6.07, 6.45) is 3.10. The van der Waals surface area contributed by atoms with Gasteiger partial charge in [-0.1, -0.05) is 0 Å². The van der Waals surface area contributed by atoms with Gasteiger partial charge in [0.15, 0.2) is 11.6 Å². The highest BCUT2D eigenvalue weighted by Gasteiger charge is 2.23. The van der Waals surface area contributed by atoms with Gasteiger partial charge in [0.05, 0.1) is 6.04 Å². The summed E-state index contributed by atoms with van der Waals surface area (Å²) < 4.78 is 16.0. The van der Waals surface area contributed by atoms with E-state index in [1.807, 2.05) is 56.1 Å². The molecule has 4 aromatic rings. The van der Waals surface area contributed by atoms with Crippen molar-refractivity contribution in [2.75, 3.05) is 43.1 Å². The average molecular weight is 491 g/mol. The van der Waals surface area contributed by atoms with E-state index in [0.29, 0.717) is 30.4 Å². The molecule has 0 amide bonds. The number of hydrogen-bond donors (Lipinski definition) is 3. The first-order valence-electron chi connectivity index (χ1n) is 11.2. The summed E-state index contributed by atoms with van der Waals surface area (Å²) in [5, 5.41) is 27.4. The minimum atomic E-state index is -0.558. The van der Waals surface area contributed by atoms with Crippen LogP contribution < -0.4 is 16.0 Å². The van der Waals surface area contributed by atoms with Crippen LogP contribution in [0.15, 0.2) is 36.8 Å². The number of nitrogens with one attached hydrogen (secondary N) is 1.